The summed E-state index contributed by atoms with van der Waals surface area (Å²) < 4.78 is 16.3. The number of benzene rings is 1. The van der Waals surface area contributed by atoms with Crippen molar-refractivity contribution in [2.24, 2.45) is 0 Å². The molecule has 0 aliphatic carbocycles. The molecule has 3 aromatic rings. The van der Waals surface area contributed by atoms with Crippen LogP contribution < -0.4 is 9.64 Å². The van der Waals surface area contributed by atoms with E-state index in [1.165, 1.54) is 25.6 Å². The molecule has 4 rings (SSSR count). The average Bonchev–Trinajstić information content (AvgIpc) is 3.13. The molecule has 0 unspecified atom stereocenters. The molecule has 1 fully saturated rings. The van der Waals surface area contributed by atoms with Crippen molar-refractivity contribution in [3.8, 4) is 22.9 Å². The largest absolute Gasteiger partial charge is 0.465 e. The molecule has 1 aromatic carbocycles. The SMILES string of the molecule is COC(=O)c1cc(Oc2cnc(N3CCCN(C(=O)OC(C)(C)C)CC3)nc2)nc(-c2cc(Cl)cc(Cl)c2)c1. The highest BCUT2D eigenvalue weighted by Gasteiger charge is 2.25. The summed E-state index contributed by atoms with van der Waals surface area (Å²) in [6.07, 6.45) is 3.49. The van der Waals surface area contributed by atoms with Crippen molar-refractivity contribution in [3.05, 3.63) is 58.3 Å². The number of nitrogens with zero attached hydrogens (tertiary/aromatic N) is 5. The second kappa shape index (κ2) is 12.0. The Bertz CT molecular complexity index is 1330. The van der Waals surface area contributed by atoms with Crippen molar-refractivity contribution in [1.29, 1.82) is 0 Å². The molecule has 206 valence electrons. The molecule has 0 N–H and O–H groups in total. The highest BCUT2D eigenvalue weighted by molar-refractivity contribution is 6.35. The molecule has 0 bridgehead atoms. The maximum atomic E-state index is 12.5. The first kappa shape index (κ1) is 28.4. The normalized spacial score (nSPS) is 14.0. The third-order valence-corrected chi connectivity index (χ3v) is 6.09. The van der Waals surface area contributed by atoms with Gasteiger partial charge in [0, 0.05) is 47.9 Å². The van der Waals surface area contributed by atoms with E-state index in [1.54, 1.807) is 29.2 Å². The smallest absolute Gasteiger partial charge is 0.410 e. The minimum atomic E-state index is -0.551. The minimum absolute atomic E-state index is 0.142. The summed E-state index contributed by atoms with van der Waals surface area (Å²) in [4.78, 5) is 41.9. The standard InChI is InChI=1S/C27H29Cl2N5O5/c1-27(2,3)39-26(36)34-7-5-6-33(8-9-34)25-30-15-21(16-31-25)38-23-13-18(24(35)37-4)12-22(32-23)17-10-19(28)14-20(29)11-17/h10-16H,5-9H2,1-4H3. The van der Waals surface area contributed by atoms with Crippen LogP contribution in [0.4, 0.5) is 10.7 Å². The first-order chi connectivity index (χ1) is 18.5. The van der Waals surface area contributed by atoms with Crippen LogP contribution in [0.1, 0.15) is 37.6 Å². The van der Waals surface area contributed by atoms with E-state index >= 15 is 0 Å². The van der Waals surface area contributed by atoms with Crippen LogP contribution in [0.15, 0.2) is 42.7 Å². The average molecular weight is 574 g/mol. The Morgan fingerprint density at radius 3 is 2.26 bits per heavy atom. The summed E-state index contributed by atoms with van der Waals surface area (Å²) in [6.45, 7) is 7.89. The highest BCUT2D eigenvalue weighted by atomic mass is 35.5. The fourth-order valence-electron chi connectivity index (χ4n) is 3.92. The summed E-state index contributed by atoms with van der Waals surface area (Å²) >= 11 is 12.3. The molecule has 1 aliphatic rings. The Hall–Kier alpha value is -3.63. The molecule has 39 heavy (non-hydrogen) atoms. The molecule has 1 amide bonds. The van der Waals surface area contributed by atoms with Crippen molar-refractivity contribution in [2.75, 3.05) is 38.2 Å². The number of pyridine rings is 1. The van der Waals surface area contributed by atoms with Crippen LogP contribution in [0.25, 0.3) is 11.3 Å². The Kier molecular flexibility index (Phi) is 8.76. The van der Waals surface area contributed by atoms with E-state index in [-0.39, 0.29) is 17.5 Å². The van der Waals surface area contributed by atoms with Gasteiger partial charge in [-0.1, -0.05) is 23.2 Å². The van der Waals surface area contributed by atoms with Crippen molar-refractivity contribution >= 4 is 41.2 Å². The van der Waals surface area contributed by atoms with Gasteiger partial charge in [-0.3, -0.25) is 0 Å². The molecule has 1 saturated heterocycles. The molecule has 0 atom stereocenters. The van der Waals surface area contributed by atoms with E-state index in [0.717, 1.165) is 6.42 Å². The van der Waals surface area contributed by atoms with Crippen LogP contribution in [0.2, 0.25) is 10.0 Å². The number of aromatic nitrogens is 3. The fourth-order valence-corrected chi connectivity index (χ4v) is 4.44. The molecule has 10 nitrogen and oxygen atoms in total. The van der Waals surface area contributed by atoms with Crippen molar-refractivity contribution < 1.29 is 23.8 Å². The number of rotatable bonds is 5. The van der Waals surface area contributed by atoms with Gasteiger partial charge in [0.2, 0.25) is 11.8 Å². The molecule has 2 aromatic heterocycles. The number of carbonyl (C=O) groups excluding carboxylic acids is 2. The molecule has 1 aliphatic heterocycles. The van der Waals surface area contributed by atoms with E-state index in [4.69, 9.17) is 37.4 Å². The lowest BCUT2D eigenvalue weighted by Gasteiger charge is -2.26. The monoisotopic (exact) mass is 573 g/mol. The number of hydrogen-bond acceptors (Lipinski definition) is 9. The zero-order valence-corrected chi connectivity index (χ0v) is 23.6. The number of methoxy groups -OCH3 is 1. The highest BCUT2D eigenvalue weighted by Crippen LogP contribution is 2.30. The number of carbonyl (C=O) groups is 2. The van der Waals surface area contributed by atoms with E-state index < -0.39 is 11.6 Å². The van der Waals surface area contributed by atoms with Gasteiger partial charge in [-0.25, -0.2) is 24.5 Å². The zero-order valence-electron chi connectivity index (χ0n) is 22.1. The maximum Gasteiger partial charge on any atom is 0.410 e. The lowest BCUT2D eigenvalue weighted by molar-refractivity contribution is 0.0263. The summed E-state index contributed by atoms with van der Waals surface area (Å²) in [5.74, 6) is 0.431. The number of anilines is 1. The molecule has 0 spiro atoms. The van der Waals surface area contributed by atoms with Gasteiger partial charge in [0.05, 0.1) is 30.8 Å². The zero-order chi connectivity index (χ0) is 28.2. The van der Waals surface area contributed by atoms with E-state index in [2.05, 4.69) is 15.0 Å². The molecule has 3 heterocycles. The third-order valence-electron chi connectivity index (χ3n) is 5.65. The van der Waals surface area contributed by atoms with E-state index in [9.17, 15) is 9.59 Å². The first-order valence-electron chi connectivity index (χ1n) is 12.3. The summed E-state index contributed by atoms with van der Waals surface area (Å²) in [5.41, 5.74) is 0.727. The molecular formula is C27H29Cl2N5O5. The quantitative estimate of drug-likeness (QED) is 0.346. The van der Waals surface area contributed by atoms with Crippen LogP contribution in [-0.2, 0) is 9.47 Å². The van der Waals surface area contributed by atoms with Crippen LogP contribution in [-0.4, -0.2) is 70.8 Å². The van der Waals surface area contributed by atoms with Gasteiger partial charge in [0.1, 0.15) is 5.60 Å². The molecule has 0 radical (unpaired) electrons. The summed E-state index contributed by atoms with van der Waals surface area (Å²) in [7, 11) is 1.29. The number of ether oxygens (including phenoxy) is 3. The molecular weight excluding hydrogens is 545 g/mol. The van der Waals surface area contributed by atoms with Gasteiger partial charge < -0.3 is 24.0 Å². The molecule has 12 heteroatoms. The van der Waals surface area contributed by atoms with Crippen molar-refractivity contribution in [3.63, 3.8) is 0 Å². The Morgan fingerprint density at radius 2 is 1.62 bits per heavy atom. The number of esters is 1. The Labute approximate surface area is 236 Å². The van der Waals surface area contributed by atoms with Crippen LogP contribution in [0.5, 0.6) is 11.6 Å². The summed E-state index contributed by atoms with van der Waals surface area (Å²) in [6, 6.07) is 8.01. The lowest BCUT2D eigenvalue weighted by Crippen LogP contribution is -2.39. The number of halogens is 2. The predicted molar refractivity (Wildman–Crippen MR) is 148 cm³/mol. The number of amides is 1. The van der Waals surface area contributed by atoms with Crippen LogP contribution in [0.3, 0.4) is 0 Å². The van der Waals surface area contributed by atoms with Gasteiger partial charge in [0.15, 0.2) is 5.75 Å². The number of hydrogen-bond donors (Lipinski definition) is 0. The fraction of sp³-hybridized carbons (Fsp3) is 0.370. The van der Waals surface area contributed by atoms with Gasteiger partial charge >= 0.3 is 12.1 Å². The lowest BCUT2D eigenvalue weighted by atomic mass is 10.1. The first-order valence-corrected chi connectivity index (χ1v) is 13.1. The van der Waals surface area contributed by atoms with Crippen molar-refractivity contribution in [2.45, 2.75) is 32.8 Å². The van der Waals surface area contributed by atoms with Crippen LogP contribution in [0, 0.1) is 0 Å². The Morgan fingerprint density at radius 1 is 0.923 bits per heavy atom. The predicted octanol–water partition coefficient (Wildman–Crippen LogP) is 5.87. The van der Waals surface area contributed by atoms with Gasteiger partial charge in [0.25, 0.3) is 0 Å². The Balaban J connectivity index is 1.49. The van der Waals surface area contributed by atoms with Gasteiger partial charge in [-0.2, -0.15) is 0 Å². The topological polar surface area (TPSA) is 107 Å². The van der Waals surface area contributed by atoms with Crippen molar-refractivity contribution in [1.82, 2.24) is 19.9 Å². The van der Waals surface area contributed by atoms with Gasteiger partial charge in [-0.15, -0.1) is 0 Å². The summed E-state index contributed by atoms with van der Waals surface area (Å²) in [5, 5.41) is 0.855. The minimum Gasteiger partial charge on any atom is -0.465 e. The van der Waals surface area contributed by atoms with Crippen LogP contribution >= 0.6 is 23.2 Å². The maximum absolute atomic E-state index is 12.5. The van der Waals surface area contributed by atoms with E-state index in [1.807, 2.05) is 25.7 Å². The van der Waals surface area contributed by atoms with Gasteiger partial charge in [-0.05, 0) is 51.5 Å². The second-order valence-corrected chi connectivity index (χ2v) is 10.7. The van der Waals surface area contributed by atoms with E-state index in [0.29, 0.717) is 59.2 Å². The second-order valence-electron chi connectivity index (χ2n) is 9.86. The molecule has 0 saturated carbocycles. The third kappa shape index (κ3) is 7.70.